The summed E-state index contributed by atoms with van der Waals surface area (Å²) in [6.45, 7) is 0.528. The molecule has 5 rings (SSSR count). The Morgan fingerprint density at radius 1 is 1.22 bits per heavy atom. The summed E-state index contributed by atoms with van der Waals surface area (Å²) < 4.78 is 41.8. The molecule has 2 aromatic heterocycles. The molecule has 1 aromatic carbocycles. The molecule has 2 fully saturated rings. The molecule has 0 spiro atoms. The van der Waals surface area contributed by atoms with E-state index in [0.717, 1.165) is 43.3 Å². The Bertz CT molecular complexity index is 1070. The van der Waals surface area contributed by atoms with Gasteiger partial charge in [0.15, 0.2) is 5.82 Å². The second kappa shape index (κ2) is 6.61. The van der Waals surface area contributed by atoms with E-state index in [1.165, 1.54) is 0 Å². The lowest BCUT2D eigenvalue weighted by molar-refractivity contribution is 0.358. The first-order valence-electron chi connectivity index (χ1n) is 9.18. The van der Waals surface area contributed by atoms with Gasteiger partial charge in [0.2, 0.25) is 15.9 Å². The summed E-state index contributed by atoms with van der Waals surface area (Å²) in [5.74, 6) is 1.83. The SMILES string of the molecule is O=S(=O)(c1cccc2nsnc12)N1CCCC1CCc1noc(C2CC2)n1. The summed E-state index contributed by atoms with van der Waals surface area (Å²) in [6.07, 6.45) is 5.25. The van der Waals surface area contributed by atoms with Crippen LogP contribution in [-0.2, 0) is 16.4 Å². The van der Waals surface area contributed by atoms with Gasteiger partial charge in [0, 0.05) is 24.9 Å². The first-order valence-corrected chi connectivity index (χ1v) is 11.4. The largest absolute Gasteiger partial charge is 0.339 e. The highest BCUT2D eigenvalue weighted by Crippen LogP contribution is 2.39. The van der Waals surface area contributed by atoms with Gasteiger partial charge in [0.1, 0.15) is 15.9 Å². The molecule has 0 bridgehead atoms. The van der Waals surface area contributed by atoms with Crippen LogP contribution in [0, 0.1) is 0 Å². The maximum Gasteiger partial charge on any atom is 0.245 e. The molecule has 3 aromatic rings. The molecular weight excluding hydrogens is 386 g/mol. The van der Waals surface area contributed by atoms with Crippen LogP contribution < -0.4 is 0 Å². The van der Waals surface area contributed by atoms with Crippen molar-refractivity contribution in [3.05, 3.63) is 29.9 Å². The molecule has 10 heteroatoms. The zero-order chi connectivity index (χ0) is 18.4. The van der Waals surface area contributed by atoms with E-state index in [9.17, 15) is 8.42 Å². The lowest BCUT2D eigenvalue weighted by atomic mass is 10.1. The van der Waals surface area contributed by atoms with Gasteiger partial charge in [-0.05, 0) is 44.2 Å². The molecule has 1 aliphatic carbocycles. The highest BCUT2D eigenvalue weighted by atomic mass is 32.2. The zero-order valence-corrected chi connectivity index (χ0v) is 16.2. The Balaban J connectivity index is 1.35. The molecule has 1 saturated heterocycles. The number of fused-ring (bicyclic) bond motifs is 1. The van der Waals surface area contributed by atoms with E-state index < -0.39 is 10.0 Å². The fourth-order valence-corrected chi connectivity index (χ4v) is 6.17. The zero-order valence-electron chi connectivity index (χ0n) is 14.6. The van der Waals surface area contributed by atoms with Crippen LogP contribution in [0.5, 0.6) is 0 Å². The average Bonchev–Trinajstić information content (AvgIpc) is 3.08. The van der Waals surface area contributed by atoms with Crippen molar-refractivity contribution in [2.75, 3.05) is 6.54 Å². The Morgan fingerprint density at radius 3 is 2.96 bits per heavy atom. The second-order valence-corrected chi connectivity index (χ2v) is 9.55. The van der Waals surface area contributed by atoms with E-state index in [0.29, 0.717) is 42.2 Å². The van der Waals surface area contributed by atoms with Gasteiger partial charge < -0.3 is 4.52 Å². The molecule has 1 aliphatic heterocycles. The molecule has 1 unspecified atom stereocenters. The van der Waals surface area contributed by atoms with Crippen molar-refractivity contribution in [1.29, 1.82) is 0 Å². The van der Waals surface area contributed by atoms with Gasteiger partial charge >= 0.3 is 0 Å². The third-order valence-electron chi connectivity index (χ3n) is 5.27. The number of nitrogens with zero attached hydrogens (tertiary/aromatic N) is 5. The lowest BCUT2D eigenvalue weighted by Crippen LogP contribution is -2.36. The van der Waals surface area contributed by atoms with E-state index >= 15 is 0 Å². The standard InChI is InChI=1S/C17H19N5O3S2/c23-27(24,14-5-1-4-13-16(14)21-26-20-13)22-10-2-3-12(22)8-9-15-18-17(25-19-15)11-6-7-11/h1,4-5,11-12H,2-3,6-10H2. The van der Waals surface area contributed by atoms with Crippen molar-refractivity contribution in [3.8, 4) is 0 Å². The minimum absolute atomic E-state index is 0.0558. The van der Waals surface area contributed by atoms with Crippen molar-refractivity contribution in [3.63, 3.8) is 0 Å². The van der Waals surface area contributed by atoms with Crippen molar-refractivity contribution in [1.82, 2.24) is 23.2 Å². The molecule has 1 atom stereocenters. The van der Waals surface area contributed by atoms with Gasteiger partial charge in [-0.15, -0.1) is 0 Å². The van der Waals surface area contributed by atoms with Crippen LogP contribution in [-0.4, -0.2) is 44.2 Å². The van der Waals surface area contributed by atoms with Gasteiger partial charge in [-0.25, -0.2) is 8.42 Å². The summed E-state index contributed by atoms with van der Waals surface area (Å²) >= 11 is 1.03. The molecule has 0 radical (unpaired) electrons. The predicted octanol–water partition coefficient (Wildman–Crippen LogP) is 2.74. The van der Waals surface area contributed by atoms with Crippen LogP contribution in [0.25, 0.3) is 11.0 Å². The number of hydrogen-bond acceptors (Lipinski definition) is 8. The fourth-order valence-electron chi connectivity index (χ4n) is 3.69. The molecule has 27 heavy (non-hydrogen) atoms. The Labute approximate surface area is 161 Å². The molecule has 2 aliphatic rings. The molecule has 0 amide bonds. The summed E-state index contributed by atoms with van der Waals surface area (Å²) in [5.41, 5.74) is 1.08. The van der Waals surface area contributed by atoms with E-state index in [4.69, 9.17) is 4.52 Å². The average molecular weight is 406 g/mol. The number of rotatable bonds is 6. The van der Waals surface area contributed by atoms with Gasteiger partial charge in [-0.3, -0.25) is 0 Å². The Kier molecular flexibility index (Phi) is 4.21. The van der Waals surface area contributed by atoms with Crippen LogP contribution in [0.3, 0.4) is 0 Å². The maximum atomic E-state index is 13.3. The van der Waals surface area contributed by atoms with E-state index in [2.05, 4.69) is 18.9 Å². The highest BCUT2D eigenvalue weighted by molar-refractivity contribution is 7.89. The topological polar surface area (TPSA) is 102 Å². The van der Waals surface area contributed by atoms with Crippen molar-refractivity contribution in [2.24, 2.45) is 0 Å². The molecule has 1 saturated carbocycles. The Hall–Kier alpha value is -1.91. The maximum absolute atomic E-state index is 13.3. The molecular formula is C17H19N5O3S2. The van der Waals surface area contributed by atoms with Gasteiger partial charge in [0.25, 0.3) is 0 Å². The summed E-state index contributed by atoms with van der Waals surface area (Å²) in [6, 6.07) is 5.07. The molecule has 8 nitrogen and oxygen atoms in total. The van der Waals surface area contributed by atoms with Crippen LogP contribution in [0.2, 0.25) is 0 Å². The third-order valence-corrected chi connectivity index (χ3v) is 7.80. The number of sulfonamides is 1. The minimum Gasteiger partial charge on any atom is -0.339 e. The summed E-state index contributed by atoms with van der Waals surface area (Å²) in [4.78, 5) is 4.70. The molecule has 142 valence electrons. The Morgan fingerprint density at radius 2 is 2.11 bits per heavy atom. The van der Waals surface area contributed by atoms with Crippen LogP contribution >= 0.6 is 11.7 Å². The number of hydrogen-bond donors (Lipinski definition) is 0. The van der Waals surface area contributed by atoms with Crippen molar-refractivity contribution < 1.29 is 12.9 Å². The summed E-state index contributed by atoms with van der Waals surface area (Å²) in [5, 5.41) is 4.05. The number of aromatic nitrogens is 4. The third kappa shape index (κ3) is 3.15. The van der Waals surface area contributed by atoms with Crippen molar-refractivity contribution in [2.45, 2.75) is 55.4 Å². The van der Waals surface area contributed by atoms with E-state index in [1.54, 1.807) is 22.5 Å². The number of aryl methyl sites for hydroxylation is 1. The lowest BCUT2D eigenvalue weighted by Gasteiger charge is -2.23. The quantitative estimate of drug-likeness (QED) is 0.621. The first kappa shape index (κ1) is 17.2. The van der Waals surface area contributed by atoms with E-state index in [1.807, 2.05) is 0 Å². The predicted molar refractivity (Wildman–Crippen MR) is 98.9 cm³/mol. The van der Waals surface area contributed by atoms with Crippen LogP contribution in [0.15, 0.2) is 27.6 Å². The first-order chi connectivity index (χ1) is 13.1. The molecule has 0 N–H and O–H groups in total. The highest BCUT2D eigenvalue weighted by Gasteiger charge is 2.37. The van der Waals surface area contributed by atoms with Gasteiger partial charge in [-0.2, -0.15) is 18.0 Å². The fraction of sp³-hybridized carbons (Fsp3) is 0.529. The smallest absolute Gasteiger partial charge is 0.245 e. The summed E-state index contributed by atoms with van der Waals surface area (Å²) in [7, 11) is -3.61. The molecule has 3 heterocycles. The van der Waals surface area contributed by atoms with Gasteiger partial charge in [0.05, 0.1) is 11.7 Å². The van der Waals surface area contributed by atoms with E-state index in [-0.39, 0.29) is 10.9 Å². The van der Waals surface area contributed by atoms with Gasteiger partial charge in [-0.1, -0.05) is 11.2 Å². The van der Waals surface area contributed by atoms with Crippen molar-refractivity contribution >= 4 is 32.8 Å². The normalized spacial score (nSPS) is 21.3. The minimum atomic E-state index is -3.61. The monoisotopic (exact) mass is 405 g/mol. The van der Waals surface area contributed by atoms with Crippen LogP contribution in [0.1, 0.15) is 49.7 Å². The number of benzene rings is 1. The van der Waals surface area contributed by atoms with Crippen LogP contribution in [0.4, 0.5) is 0 Å². The second-order valence-electron chi connectivity index (χ2n) is 7.16.